The Labute approximate surface area is 526 Å². The summed E-state index contributed by atoms with van der Waals surface area (Å²) in [6, 6.07) is 45.0. The van der Waals surface area contributed by atoms with Crippen LogP contribution in [0, 0.1) is 12.7 Å². The molecule has 16 rings (SSSR count). The number of fused-ring (bicyclic) bond motifs is 4. The number of aryl methyl sites for hydroxylation is 2. The summed E-state index contributed by atoms with van der Waals surface area (Å²) in [5.74, 6) is 2.54. The van der Waals surface area contributed by atoms with Crippen LogP contribution >= 0.6 is 0 Å². The van der Waals surface area contributed by atoms with Gasteiger partial charge in [-0.15, -0.1) is 0 Å². The zero-order valence-corrected chi connectivity index (χ0v) is 51.5. The van der Waals surface area contributed by atoms with Crippen LogP contribution in [0.25, 0.3) is 77.3 Å². The first kappa shape index (κ1) is 60.2. The van der Waals surface area contributed by atoms with Gasteiger partial charge in [0.15, 0.2) is 0 Å². The van der Waals surface area contributed by atoms with Crippen LogP contribution in [0.15, 0.2) is 206 Å². The molecule has 0 amide bonds. The molecule has 6 aromatic carbocycles. The minimum atomic E-state index is -0.450. The van der Waals surface area contributed by atoms with Gasteiger partial charge < -0.3 is 25.0 Å². The van der Waals surface area contributed by atoms with Crippen molar-refractivity contribution in [3.8, 4) is 33.8 Å². The zero-order valence-electron chi connectivity index (χ0n) is 51.5. The van der Waals surface area contributed by atoms with E-state index in [0.29, 0.717) is 28.5 Å². The highest BCUT2D eigenvalue weighted by atomic mass is 19.1. The van der Waals surface area contributed by atoms with Crippen molar-refractivity contribution in [2.45, 2.75) is 52.4 Å². The van der Waals surface area contributed by atoms with Crippen molar-refractivity contribution in [1.82, 2.24) is 64.4 Å². The SMILES string of the molecule is CC.CC.Cc1ccc(-c2nccnc2C2CN(c3ncc4ccccc4n3)C2)cc1.Cn1ccc2cc(-c3nccnc3C3CN(c4ncc5ccccc5n4)C3)ccc2c1=O.Nc1ccc(-c2nccnc2C2CN(c3ncc4ccccc4n3)C2)cc1F. The molecule has 0 atom stereocenters. The van der Waals surface area contributed by atoms with Crippen LogP contribution in [0.5, 0.6) is 0 Å². The van der Waals surface area contributed by atoms with Crippen LogP contribution in [0.3, 0.4) is 0 Å². The Bertz CT molecular complexity index is 4760. The first-order chi connectivity index (χ1) is 44.6. The summed E-state index contributed by atoms with van der Waals surface area (Å²) >= 11 is 0. The molecule has 2 N–H and O–H groups in total. The lowest BCUT2D eigenvalue weighted by Crippen LogP contribution is -2.46. The molecule has 10 heterocycles. The van der Waals surface area contributed by atoms with Gasteiger partial charge in [0.1, 0.15) is 5.82 Å². The topological polar surface area (TPSA) is 212 Å². The molecule has 0 aliphatic carbocycles. The molecule has 13 aromatic rings. The summed E-state index contributed by atoms with van der Waals surface area (Å²) in [5.41, 5.74) is 18.0. The predicted octanol–water partition coefficient (Wildman–Crippen LogP) is 13.0. The Hall–Kier alpha value is -11.1. The van der Waals surface area contributed by atoms with E-state index in [-0.39, 0.29) is 23.1 Å². The standard InChI is InChI=1S/C25H20N6O.C22H19N5.C21H17FN6.2C2H6/c1-30-11-8-16-12-17(6-7-20(16)24(30)32)22-23(27-10-9-26-22)19-14-31(15-19)25-28-13-18-4-2-3-5-21(18)29-25;1-15-6-8-16(9-7-15)20-21(24-11-10-23-20)18-13-27(14-18)22-25-12-17-4-2-3-5-19(17)26-22;22-16-9-13(5-6-17(16)23)19-20(25-8-7-24-19)15-11-28(12-15)21-26-10-14-3-1-2-4-18(14)27-21;2*1-2/h2-13,19H,14-15H2,1H3;2-12,18H,13-14H2,1H3;1-10,15H,11-12,23H2;2*1-2H3. The van der Waals surface area contributed by atoms with E-state index >= 15 is 0 Å². The van der Waals surface area contributed by atoms with Crippen molar-refractivity contribution in [2.75, 3.05) is 59.7 Å². The van der Waals surface area contributed by atoms with Gasteiger partial charge >= 0.3 is 0 Å². The van der Waals surface area contributed by atoms with Gasteiger partial charge in [0.05, 0.1) is 56.4 Å². The summed E-state index contributed by atoms with van der Waals surface area (Å²) in [7, 11) is 1.76. The molecule has 0 spiro atoms. The number of rotatable bonds is 9. The van der Waals surface area contributed by atoms with Crippen LogP contribution in [0.1, 0.15) is 68.1 Å². The number of aromatic nitrogens is 13. The van der Waals surface area contributed by atoms with Crippen molar-refractivity contribution in [2.24, 2.45) is 7.05 Å². The molecular formula is C72H68FN17O. The molecule has 454 valence electrons. The maximum absolute atomic E-state index is 13.9. The fourth-order valence-corrected chi connectivity index (χ4v) is 11.3. The molecule has 7 aromatic heterocycles. The van der Waals surface area contributed by atoms with Gasteiger partial charge in [0.25, 0.3) is 5.56 Å². The molecular weight excluding hydrogens is 1140 g/mol. The number of para-hydroxylation sites is 3. The van der Waals surface area contributed by atoms with E-state index in [4.69, 9.17) is 15.7 Å². The summed E-state index contributed by atoms with van der Waals surface area (Å²) in [5, 5.41) is 4.73. The van der Waals surface area contributed by atoms with E-state index < -0.39 is 5.82 Å². The van der Waals surface area contributed by atoms with E-state index in [0.717, 1.165) is 129 Å². The Morgan fingerprint density at radius 3 is 1.23 bits per heavy atom. The molecule has 0 saturated carbocycles. The minimum Gasteiger partial charge on any atom is -0.396 e. The fraction of sp³-hybridized carbons (Fsp3) is 0.208. The van der Waals surface area contributed by atoms with E-state index in [1.165, 1.54) is 11.6 Å². The Morgan fingerprint density at radius 2 is 0.802 bits per heavy atom. The predicted molar refractivity (Wildman–Crippen MR) is 360 cm³/mol. The number of hydrogen-bond acceptors (Lipinski definition) is 17. The second kappa shape index (κ2) is 27.1. The molecule has 0 bridgehead atoms. The number of nitrogens with two attached hydrogens (primary N) is 1. The molecule has 3 fully saturated rings. The van der Waals surface area contributed by atoms with E-state index in [1.54, 1.807) is 67.1 Å². The highest BCUT2D eigenvalue weighted by Crippen LogP contribution is 2.38. The smallest absolute Gasteiger partial charge is 0.258 e. The van der Waals surface area contributed by atoms with Crippen LogP contribution in [-0.4, -0.2) is 104 Å². The average Bonchev–Trinajstić information content (AvgIpc) is 1.01. The van der Waals surface area contributed by atoms with E-state index in [2.05, 4.69) is 95.7 Å². The molecule has 19 heteroatoms. The van der Waals surface area contributed by atoms with Crippen molar-refractivity contribution in [3.05, 3.63) is 240 Å². The molecule has 18 nitrogen and oxygen atoms in total. The normalized spacial score (nSPS) is 13.7. The number of hydrogen-bond donors (Lipinski definition) is 1. The van der Waals surface area contributed by atoms with E-state index in [9.17, 15) is 9.18 Å². The summed E-state index contributed by atoms with van der Waals surface area (Å²) in [6.45, 7) is 14.9. The zero-order chi connectivity index (χ0) is 63.0. The molecule has 91 heavy (non-hydrogen) atoms. The van der Waals surface area contributed by atoms with Crippen LogP contribution in [-0.2, 0) is 7.05 Å². The minimum absolute atomic E-state index is 0.00145. The highest BCUT2D eigenvalue weighted by Gasteiger charge is 2.36. The maximum Gasteiger partial charge on any atom is 0.258 e. The third kappa shape index (κ3) is 12.8. The number of pyridine rings is 1. The van der Waals surface area contributed by atoms with Gasteiger partial charge in [0, 0.05) is 164 Å². The molecule has 3 saturated heterocycles. The Kier molecular flexibility index (Phi) is 17.9. The Balaban J connectivity index is 0.000000129. The summed E-state index contributed by atoms with van der Waals surface area (Å²) < 4.78 is 15.5. The largest absolute Gasteiger partial charge is 0.396 e. The number of benzene rings is 6. The average molecular weight is 1210 g/mol. The molecule has 0 radical (unpaired) electrons. The Morgan fingerprint density at radius 1 is 0.429 bits per heavy atom. The number of anilines is 4. The molecule has 0 unspecified atom stereocenters. The van der Waals surface area contributed by atoms with Crippen LogP contribution in [0.4, 0.5) is 27.9 Å². The van der Waals surface area contributed by atoms with Crippen molar-refractivity contribution >= 4 is 67.0 Å². The van der Waals surface area contributed by atoms with Crippen molar-refractivity contribution in [3.63, 3.8) is 0 Å². The van der Waals surface area contributed by atoms with Gasteiger partial charge in [-0.1, -0.05) is 124 Å². The highest BCUT2D eigenvalue weighted by molar-refractivity contribution is 5.87. The second-order valence-corrected chi connectivity index (χ2v) is 22.0. The van der Waals surface area contributed by atoms with Crippen molar-refractivity contribution < 1.29 is 4.39 Å². The summed E-state index contributed by atoms with van der Waals surface area (Å²) in [4.78, 5) is 74.0. The van der Waals surface area contributed by atoms with Gasteiger partial charge in [-0.05, 0) is 60.8 Å². The van der Waals surface area contributed by atoms with E-state index in [1.807, 2.05) is 143 Å². The van der Waals surface area contributed by atoms with Crippen molar-refractivity contribution in [1.29, 1.82) is 0 Å². The fourth-order valence-electron chi connectivity index (χ4n) is 11.3. The lowest BCUT2D eigenvalue weighted by atomic mass is 9.92. The maximum atomic E-state index is 13.9. The molecule has 3 aliphatic heterocycles. The lowest BCUT2D eigenvalue weighted by molar-refractivity contribution is 0.503. The lowest BCUT2D eigenvalue weighted by Gasteiger charge is -2.39. The quantitative estimate of drug-likeness (QED) is 0.133. The third-order valence-corrected chi connectivity index (χ3v) is 16.2. The number of halogens is 1. The first-order valence-corrected chi connectivity index (χ1v) is 30.7. The van der Waals surface area contributed by atoms with Gasteiger partial charge in [-0.2, -0.15) is 0 Å². The molecule has 3 aliphatic rings. The van der Waals surface area contributed by atoms with Crippen LogP contribution < -0.4 is 26.0 Å². The summed E-state index contributed by atoms with van der Waals surface area (Å²) in [6.07, 6.45) is 17.7. The van der Waals surface area contributed by atoms with Crippen LogP contribution in [0.2, 0.25) is 0 Å². The van der Waals surface area contributed by atoms with Gasteiger partial charge in [0.2, 0.25) is 17.8 Å². The van der Waals surface area contributed by atoms with Gasteiger partial charge in [-0.3, -0.25) is 34.7 Å². The number of nitrogens with zero attached hydrogens (tertiary/aromatic N) is 16. The first-order valence-electron chi connectivity index (χ1n) is 30.7. The third-order valence-electron chi connectivity index (χ3n) is 16.2. The monoisotopic (exact) mass is 1210 g/mol. The number of nitrogen functional groups attached to an aromatic ring is 1. The second-order valence-electron chi connectivity index (χ2n) is 22.0. The van der Waals surface area contributed by atoms with Gasteiger partial charge in [-0.25, -0.2) is 34.3 Å².